The highest BCUT2D eigenvalue weighted by atomic mass is 32.2. The van der Waals surface area contributed by atoms with E-state index in [0.29, 0.717) is 11.5 Å². The van der Waals surface area contributed by atoms with Gasteiger partial charge in [-0.15, -0.1) is 0 Å². The maximum absolute atomic E-state index is 12.4. The molecule has 2 rings (SSSR count). The molecular weight excluding hydrogens is 249 g/mol. The Bertz CT molecular complexity index is 344. The Labute approximate surface area is 112 Å². The Morgan fingerprint density at radius 3 is 2.44 bits per heavy atom. The summed E-state index contributed by atoms with van der Waals surface area (Å²) in [7, 11) is 0. The first kappa shape index (κ1) is 13.8. The van der Waals surface area contributed by atoms with Gasteiger partial charge in [-0.25, -0.2) is 4.39 Å². The van der Waals surface area contributed by atoms with Crippen LogP contribution in [0.3, 0.4) is 0 Å². The van der Waals surface area contributed by atoms with Crippen molar-refractivity contribution in [3.63, 3.8) is 0 Å². The van der Waals surface area contributed by atoms with Crippen LogP contribution in [0.25, 0.3) is 0 Å². The van der Waals surface area contributed by atoms with Crippen molar-refractivity contribution < 1.29 is 9.50 Å². The van der Waals surface area contributed by atoms with Gasteiger partial charge in [-0.3, -0.25) is 0 Å². The van der Waals surface area contributed by atoms with Gasteiger partial charge in [0.2, 0.25) is 0 Å². The van der Waals surface area contributed by atoms with Crippen molar-refractivity contribution in [2.75, 3.05) is 18.2 Å². The van der Waals surface area contributed by atoms with Crippen molar-refractivity contribution in [2.24, 2.45) is 5.73 Å². The number of aliphatic hydroxyl groups is 1. The molecule has 0 aliphatic carbocycles. The summed E-state index contributed by atoms with van der Waals surface area (Å²) in [5, 5.41) is 9.82. The van der Waals surface area contributed by atoms with Crippen molar-refractivity contribution in [3.8, 4) is 0 Å². The monoisotopic (exact) mass is 269 g/mol. The molecule has 0 bridgehead atoms. The van der Waals surface area contributed by atoms with Gasteiger partial charge in [-0.2, -0.15) is 11.8 Å². The number of rotatable bonds is 4. The number of benzene rings is 1. The molecule has 2 nitrogen and oxygen atoms in total. The summed E-state index contributed by atoms with van der Waals surface area (Å²) in [5.41, 5.74) is 7.52. The smallest absolute Gasteiger partial charge is 0.107 e. The Hall–Kier alpha value is -0.580. The standard InChI is InChI=1S/C14H20FNOS/c15-9-13(16)14(17)12-3-1-10(2-4-12)11-5-7-18-8-6-11/h1-4,11,13-14,17H,5-9,16H2/t13-,14-/m1/s1. The SMILES string of the molecule is N[C@H](CF)[C@H](O)c1ccc(C2CCSCC2)cc1. The zero-order valence-corrected chi connectivity index (χ0v) is 11.2. The van der Waals surface area contributed by atoms with E-state index in [0.717, 1.165) is 0 Å². The van der Waals surface area contributed by atoms with Crippen molar-refractivity contribution in [1.29, 1.82) is 0 Å². The van der Waals surface area contributed by atoms with Crippen LogP contribution >= 0.6 is 11.8 Å². The normalized spacial score (nSPS) is 20.6. The lowest BCUT2D eigenvalue weighted by Gasteiger charge is -2.22. The minimum Gasteiger partial charge on any atom is -0.387 e. The molecule has 0 aromatic heterocycles. The predicted molar refractivity (Wildman–Crippen MR) is 74.7 cm³/mol. The molecule has 1 aromatic carbocycles. The van der Waals surface area contributed by atoms with Gasteiger partial charge in [0, 0.05) is 0 Å². The van der Waals surface area contributed by atoms with Crippen molar-refractivity contribution in [3.05, 3.63) is 35.4 Å². The van der Waals surface area contributed by atoms with E-state index in [1.165, 1.54) is 29.9 Å². The Morgan fingerprint density at radius 2 is 1.89 bits per heavy atom. The molecule has 1 aliphatic rings. The first-order valence-electron chi connectivity index (χ1n) is 6.39. The summed E-state index contributed by atoms with van der Waals surface area (Å²) in [6, 6.07) is 7.00. The molecule has 1 saturated heterocycles. The van der Waals surface area contributed by atoms with Gasteiger partial charge >= 0.3 is 0 Å². The molecule has 18 heavy (non-hydrogen) atoms. The highest BCUT2D eigenvalue weighted by Crippen LogP contribution is 2.32. The van der Waals surface area contributed by atoms with Gasteiger partial charge in [0.1, 0.15) is 6.67 Å². The molecule has 1 fully saturated rings. The van der Waals surface area contributed by atoms with E-state index >= 15 is 0 Å². The highest BCUT2D eigenvalue weighted by molar-refractivity contribution is 7.99. The largest absolute Gasteiger partial charge is 0.387 e. The van der Waals surface area contributed by atoms with E-state index in [-0.39, 0.29) is 0 Å². The van der Waals surface area contributed by atoms with E-state index in [4.69, 9.17) is 5.73 Å². The molecule has 1 heterocycles. The summed E-state index contributed by atoms with van der Waals surface area (Å²) in [6.45, 7) is -0.706. The third-order valence-electron chi connectivity index (χ3n) is 3.55. The number of alkyl halides is 1. The zero-order valence-electron chi connectivity index (χ0n) is 10.4. The molecule has 0 amide bonds. The van der Waals surface area contributed by atoms with Crippen LogP contribution in [0.15, 0.2) is 24.3 Å². The van der Waals surface area contributed by atoms with E-state index < -0.39 is 18.8 Å². The fourth-order valence-electron chi connectivity index (χ4n) is 2.33. The van der Waals surface area contributed by atoms with E-state index in [2.05, 4.69) is 0 Å². The van der Waals surface area contributed by atoms with Crippen LogP contribution < -0.4 is 5.73 Å². The lowest BCUT2D eigenvalue weighted by molar-refractivity contribution is 0.132. The Kier molecular flexibility index (Phi) is 5.03. The van der Waals surface area contributed by atoms with Gasteiger partial charge in [0.05, 0.1) is 12.1 Å². The first-order chi connectivity index (χ1) is 8.72. The van der Waals surface area contributed by atoms with Crippen LogP contribution in [-0.2, 0) is 0 Å². The predicted octanol–water partition coefficient (Wildman–Crippen LogP) is 2.63. The number of hydrogen-bond acceptors (Lipinski definition) is 3. The number of nitrogens with two attached hydrogens (primary N) is 1. The summed E-state index contributed by atoms with van der Waals surface area (Å²) in [5.74, 6) is 3.08. The molecule has 3 N–H and O–H groups in total. The van der Waals surface area contributed by atoms with E-state index in [1.54, 1.807) is 0 Å². The van der Waals surface area contributed by atoms with Crippen LogP contribution in [0.5, 0.6) is 0 Å². The van der Waals surface area contributed by atoms with Crippen LogP contribution in [0.4, 0.5) is 4.39 Å². The second-order valence-corrected chi connectivity index (χ2v) is 6.04. The molecule has 2 atom stereocenters. The Balaban J connectivity index is 2.04. The second-order valence-electron chi connectivity index (χ2n) is 4.82. The topological polar surface area (TPSA) is 46.2 Å². The van der Waals surface area contributed by atoms with Crippen LogP contribution in [-0.4, -0.2) is 29.3 Å². The molecule has 0 saturated carbocycles. The maximum atomic E-state index is 12.4. The molecule has 0 radical (unpaired) electrons. The lowest BCUT2D eigenvalue weighted by Crippen LogP contribution is -2.30. The van der Waals surface area contributed by atoms with Gasteiger partial charge in [0.25, 0.3) is 0 Å². The summed E-state index contributed by atoms with van der Waals surface area (Å²) in [4.78, 5) is 0. The molecule has 4 heteroatoms. The quantitative estimate of drug-likeness (QED) is 0.883. The number of hydrogen-bond donors (Lipinski definition) is 2. The summed E-state index contributed by atoms with van der Waals surface area (Å²) >= 11 is 2.01. The summed E-state index contributed by atoms with van der Waals surface area (Å²) in [6.07, 6.45) is 1.53. The van der Waals surface area contributed by atoms with Crippen LogP contribution in [0.1, 0.15) is 36.0 Å². The number of thioether (sulfide) groups is 1. The molecule has 1 aliphatic heterocycles. The third kappa shape index (κ3) is 3.25. The van der Waals surface area contributed by atoms with E-state index in [9.17, 15) is 9.50 Å². The van der Waals surface area contributed by atoms with Crippen LogP contribution in [0.2, 0.25) is 0 Å². The van der Waals surface area contributed by atoms with E-state index in [1.807, 2.05) is 36.0 Å². The second kappa shape index (κ2) is 6.55. The molecule has 100 valence electrons. The lowest BCUT2D eigenvalue weighted by atomic mass is 9.91. The van der Waals surface area contributed by atoms with Crippen molar-refractivity contribution >= 4 is 11.8 Å². The van der Waals surface area contributed by atoms with Gasteiger partial charge in [0.15, 0.2) is 0 Å². The Morgan fingerprint density at radius 1 is 1.28 bits per heavy atom. The van der Waals surface area contributed by atoms with Crippen molar-refractivity contribution in [2.45, 2.75) is 30.9 Å². The molecular formula is C14H20FNOS. The van der Waals surface area contributed by atoms with Gasteiger partial charge in [-0.05, 0) is 41.4 Å². The maximum Gasteiger partial charge on any atom is 0.107 e. The zero-order chi connectivity index (χ0) is 13.0. The fourth-order valence-corrected chi connectivity index (χ4v) is 3.43. The molecule has 0 spiro atoms. The summed E-state index contributed by atoms with van der Waals surface area (Å²) < 4.78 is 12.4. The minimum absolute atomic E-state index is 0.632. The third-order valence-corrected chi connectivity index (χ3v) is 4.60. The highest BCUT2D eigenvalue weighted by Gasteiger charge is 2.19. The van der Waals surface area contributed by atoms with Gasteiger partial charge in [-0.1, -0.05) is 24.3 Å². The fraction of sp³-hybridized carbons (Fsp3) is 0.571. The molecule has 0 unspecified atom stereocenters. The average Bonchev–Trinajstić information content (AvgIpc) is 2.47. The van der Waals surface area contributed by atoms with Crippen LogP contribution in [0, 0.1) is 0 Å². The number of aliphatic hydroxyl groups excluding tert-OH is 1. The molecule has 1 aromatic rings. The minimum atomic E-state index is -0.911. The number of halogens is 1. The average molecular weight is 269 g/mol. The van der Waals surface area contributed by atoms with Gasteiger partial charge < -0.3 is 10.8 Å². The first-order valence-corrected chi connectivity index (χ1v) is 7.55. The van der Waals surface area contributed by atoms with Crippen molar-refractivity contribution in [1.82, 2.24) is 0 Å².